The maximum Gasteiger partial charge on any atom is 0.351 e. The van der Waals surface area contributed by atoms with E-state index in [9.17, 15) is 9.59 Å². The van der Waals surface area contributed by atoms with Crippen molar-refractivity contribution in [3.8, 4) is 5.75 Å². The maximum absolute atomic E-state index is 12.4. The Kier molecular flexibility index (Phi) is 4.40. The van der Waals surface area contributed by atoms with Crippen LogP contribution in [0.5, 0.6) is 5.75 Å². The Balaban J connectivity index is 2.03. The molecule has 0 radical (unpaired) electrons. The molecule has 2 aromatic carbocycles. The predicted molar refractivity (Wildman–Crippen MR) is 93.0 cm³/mol. The highest BCUT2D eigenvalue weighted by Crippen LogP contribution is 2.28. The van der Waals surface area contributed by atoms with Gasteiger partial charge in [0.05, 0.1) is 5.02 Å². The van der Waals surface area contributed by atoms with Gasteiger partial charge in [-0.3, -0.25) is 0 Å². The van der Waals surface area contributed by atoms with Gasteiger partial charge in [0.2, 0.25) is 0 Å². The van der Waals surface area contributed by atoms with Crippen LogP contribution in [0.15, 0.2) is 51.7 Å². The van der Waals surface area contributed by atoms with Gasteiger partial charge < -0.3 is 9.15 Å². The standard InChI is InChI=1S/C19H15ClO4/c1-3-12-7-8-16-13(9-12)10-14(18(21)23-16)19(22)24-17-11(2)5-4-6-15(17)20/h4-10H,3H2,1-2H3. The van der Waals surface area contributed by atoms with Gasteiger partial charge in [-0.2, -0.15) is 0 Å². The number of hydrogen-bond acceptors (Lipinski definition) is 4. The van der Waals surface area contributed by atoms with Crippen LogP contribution in [0.4, 0.5) is 0 Å². The molecule has 1 heterocycles. The van der Waals surface area contributed by atoms with Gasteiger partial charge in [0.15, 0.2) is 5.75 Å². The second-order valence-electron chi connectivity index (χ2n) is 5.45. The van der Waals surface area contributed by atoms with E-state index in [1.807, 2.05) is 19.1 Å². The van der Waals surface area contributed by atoms with Crippen molar-refractivity contribution in [1.29, 1.82) is 0 Å². The van der Waals surface area contributed by atoms with E-state index >= 15 is 0 Å². The van der Waals surface area contributed by atoms with Crippen molar-refractivity contribution in [3.05, 3.63) is 74.6 Å². The number of fused-ring (bicyclic) bond motifs is 1. The Morgan fingerprint density at radius 3 is 2.71 bits per heavy atom. The molecule has 0 spiro atoms. The van der Waals surface area contributed by atoms with Gasteiger partial charge in [-0.1, -0.05) is 36.7 Å². The molecular weight excluding hydrogens is 328 g/mol. The number of rotatable bonds is 3. The summed E-state index contributed by atoms with van der Waals surface area (Å²) in [5, 5.41) is 0.985. The van der Waals surface area contributed by atoms with E-state index in [4.69, 9.17) is 20.8 Å². The number of benzene rings is 2. The average molecular weight is 343 g/mol. The SMILES string of the molecule is CCc1ccc2oc(=O)c(C(=O)Oc3c(C)cccc3Cl)cc2c1. The Morgan fingerprint density at radius 2 is 2.00 bits per heavy atom. The molecule has 4 nitrogen and oxygen atoms in total. The molecule has 1 aromatic heterocycles. The molecule has 0 saturated carbocycles. The Labute approximate surface area is 143 Å². The van der Waals surface area contributed by atoms with Gasteiger partial charge in [-0.25, -0.2) is 9.59 Å². The lowest BCUT2D eigenvalue weighted by Gasteiger charge is -2.09. The van der Waals surface area contributed by atoms with Gasteiger partial charge >= 0.3 is 11.6 Å². The zero-order chi connectivity index (χ0) is 17.3. The molecule has 5 heteroatoms. The fourth-order valence-electron chi connectivity index (χ4n) is 2.43. The quantitative estimate of drug-likeness (QED) is 0.398. The van der Waals surface area contributed by atoms with Crippen LogP contribution in [0.3, 0.4) is 0 Å². The van der Waals surface area contributed by atoms with Crippen LogP contribution < -0.4 is 10.4 Å². The first kappa shape index (κ1) is 16.3. The molecule has 0 atom stereocenters. The maximum atomic E-state index is 12.4. The first-order chi connectivity index (χ1) is 11.5. The average Bonchev–Trinajstić information content (AvgIpc) is 2.57. The van der Waals surface area contributed by atoms with Crippen LogP contribution in [-0.4, -0.2) is 5.97 Å². The Morgan fingerprint density at radius 1 is 1.21 bits per heavy atom. The zero-order valence-corrected chi connectivity index (χ0v) is 14.0. The Bertz CT molecular complexity index is 968. The van der Waals surface area contributed by atoms with Crippen molar-refractivity contribution in [3.63, 3.8) is 0 Å². The molecule has 0 unspecified atom stereocenters. The van der Waals surface area contributed by atoms with Crippen molar-refractivity contribution in [1.82, 2.24) is 0 Å². The number of hydrogen-bond donors (Lipinski definition) is 0. The minimum atomic E-state index is -0.788. The molecule has 0 fully saturated rings. The van der Waals surface area contributed by atoms with E-state index in [1.54, 1.807) is 31.2 Å². The molecule has 3 rings (SSSR count). The third-order valence-corrected chi connectivity index (χ3v) is 4.08. The monoisotopic (exact) mass is 342 g/mol. The van der Waals surface area contributed by atoms with Crippen molar-refractivity contribution in [2.75, 3.05) is 0 Å². The van der Waals surface area contributed by atoms with E-state index in [0.717, 1.165) is 12.0 Å². The minimum absolute atomic E-state index is 0.157. The molecule has 0 saturated heterocycles. The van der Waals surface area contributed by atoms with Gasteiger partial charge in [0.25, 0.3) is 0 Å². The summed E-state index contributed by atoms with van der Waals surface area (Å²) in [6.45, 7) is 3.79. The smallest absolute Gasteiger partial charge is 0.351 e. The number of halogens is 1. The number of ether oxygens (including phenoxy) is 1. The number of para-hydroxylation sites is 1. The molecule has 122 valence electrons. The summed E-state index contributed by atoms with van der Waals surface area (Å²) >= 11 is 6.06. The van der Waals surface area contributed by atoms with Crippen LogP contribution in [0.1, 0.15) is 28.4 Å². The van der Waals surface area contributed by atoms with E-state index < -0.39 is 11.6 Å². The number of carbonyl (C=O) groups excluding carboxylic acids is 1. The van der Waals surface area contributed by atoms with E-state index in [1.165, 1.54) is 6.07 Å². The van der Waals surface area contributed by atoms with Crippen LogP contribution in [-0.2, 0) is 6.42 Å². The van der Waals surface area contributed by atoms with Gasteiger partial charge in [-0.05, 0) is 48.7 Å². The minimum Gasteiger partial charge on any atom is -0.422 e. The lowest BCUT2D eigenvalue weighted by Crippen LogP contribution is -2.19. The van der Waals surface area contributed by atoms with E-state index in [0.29, 0.717) is 21.6 Å². The molecule has 0 bridgehead atoms. The second kappa shape index (κ2) is 6.49. The first-order valence-corrected chi connectivity index (χ1v) is 7.91. The fraction of sp³-hybridized carbons (Fsp3) is 0.158. The molecule has 0 amide bonds. The summed E-state index contributed by atoms with van der Waals surface area (Å²) in [7, 11) is 0. The summed E-state index contributed by atoms with van der Waals surface area (Å²) in [4.78, 5) is 24.5. The summed E-state index contributed by atoms with van der Waals surface area (Å²) in [5.41, 5.74) is 1.33. The van der Waals surface area contributed by atoms with Crippen molar-refractivity contribution >= 4 is 28.5 Å². The van der Waals surface area contributed by atoms with Crippen LogP contribution >= 0.6 is 11.6 Å². The Hall–Kier alpha value is -2.59. The molecule has 24 heavy (non-hydrogen) atoms. The summed E-state index contributed by atoms with van der Waals surface area (Å²) < 4.78 is 10.5. The molecule has 0 aliphatic rings. The highest BCUT2D eigenvalue weighted by Gasteiger charge is 2.18. The van der Waals surface area contributed by atoms with E-state index in [-0.39, 0.29) is 11.3 Å². The highest BCUT2D eigenvalue weighted by atomic mass is 35.5. The molecule has 0 aliphatic heterocycles. The molecule has 0 N–H and O–H groups in total. The number of aryl methyl sites for hydroxylation is 2. The van der Waals surface area contributed by atoms with Gasteiger partial charge in [0.1, 0.15) is 11.1 Å². The molecule has 3 aromatic rings. The van der Waals surface area contributed by atoms with Crippen molar-refractivity contribution in [2.45, 2.75) is 20.3 Å². The fourth-order valence-corrected chi connectivity index (χ4v) is 2.69. The lowest BCUT2D eigenvalue weighted by molar-refractivity contribution is 0.0729. The first-order valence-electron chi connectivity index (χ1n) is 7.53. The summed E-state index contributed by atoms with van der Waals surface area (Å²) in [6, 6.07) is 12.1. The zero-order valence-electron chi connectivity index (χ0n) is 13.3. The third-order valence-electron chi connectivity index (χ3n) is 3.78. The second-order valence-corrected chi connectivity index (χ2v) is 5.86. The highest BCUT2D eigenvalue weighted by molar-refractivity contribution is 6.32. The number of carbonyl (C=O) groups is 1. The van der Waals surface area contributed by atoms with Crippen LogP contribution in [0, 0.1) is 6.92 Å². The van der Waals surface area contributed by atoms with Crippen LogP contribution in [0.25, 0.3) is 11.0 Å². The van der Waals surface area contributed by atoms with E-state index in [2.05, 4.69) is 0 Å². The van der Waals surface area contributed by atoms with Crippen LogP contribution in [0.2, 0.25) is 5.02 Å². The molecular formula is C19H15ClO4. The largest absolute Gasteiger partial charge is 0.422 e. The topological polar surface area (TPSA) is 56.5 Å². The summed E-state index contributed by atoms with van der Waals surface area (Å²) in [6.07, 6.45) is 0.841. The predicted octanol–water partition coefficient (Wildman–Crippen LogP) is 4.54. The molecule has 0 aliphatic carbocycles. The van der Waals surface area contributed by atoms with Gasteiger partial charge in [0, 0.05) is 5.39 Å². The summed E-state index contributed by atoms with van der Waals surface area (Å²) in [5.74, 6) is -0.547. The number of esters is 1. The normalized spacial score (nSPS) is 10.8. The van der Waals surface area contributed by atoms with Crippen molar-refractivity contribution in [2.24, 2.45) is 0 Å². The lowest BCUT2D eigenvalue weighted by atomic mass is 10.1. The van der Waals surface area contributed by atoms with Crippen molar-refractivity contribution < 1.29 is 13.9 Å². The van der Waals surface area contributed by atoms with Gasteiger partial charge in [-0.15, -0.1) is 0 Å². The third kappa shape index (κ3) is 3.05.